The maximum absolute atomic E-state index is 11.8. The van der Waals surface area contributed by atoms with Crippen molar-refractivity contribution in [1.29, 1.82) is 0 Å². The summed E-state index contributed by atoms with van der Waals surface area (Å²) in [6.45, 7) is 11.4. The lowest BCUT2D eigenvalue weighted by molar-refractivity contribution is -0.207. The molecule has 0 saturated heterocycles. The van der Waals surface area contributed by atoms with Crippen LogP contribution in [-0.4, -0.2) is 35.0 Å². The average molecular weight is 435 g/mol. The summed E-state index contributed by atoms with van der Waals surface area (Å²) in [6.07, 6.45) is 9.69. The Hall–Kier alpha value is -0.610. The topological polar surface area (TPSA) is 66.8 Å². The van der Waals surface area contributed by atoms with E-state index in [4.69, 9.17) is 4.74 Å². The Labute approximate surface area is 189 Å². The molecule has 0 aliphatic heterocycles. The first-order valence-corrected chi connectivity index (χ1v) is 13.1. The molecule has 4 nitrogen and oxygen atoms in total. The number of hydrogen-bond donors (Lipinski definition) is 2. The van der Waals surface area contributed by atoms with Crippen molar-refractivity contribution in [3.63, 3.8) is 0 Å². The molecule has 0 heterocycles. The summed E-state index contributed by atoms with van der Waals surface area (Å²) in [5.74, 6) is 3.40. The predicted octanol–water partition coefficient (Wildman–Crippen LogP) is 5.20. The number of esters is 1. The van der Waals surface area contributed by atoms with E-state index in [1.54, 1.807) is 0 Å². The highest BCUT2D eigenvalue weighted by Gasteiger charge is 2.65. The van der Waals surface area contributed by atoms with Crippen molar-refractivity contribution < 1.29 is 19.7 Å². The van der Waals surface area contributed by atoms with Crippen molar-refractivity contribution in [2.45, 2.75) is 105 Å². The summed E-state index contributed by atoms with van der Waals surface area (Å²) >= 11 is 0. The Morgan fingerprint density at radius 3 is 2.39 bits per heavy atom. The van der Waals surface area contributed by atoms with Crippen LogP contribution in [-0.2, 0) is 9.53 Å². The van der Waals surface area contributed by atoms with Crippen LogP contribution < -0.4 is 0 Å². The normalized spacial score (nSPS) is 50.2. The molecular formula is C27H46O4. The molecule has 4 aliphatic rings. The fourth-order valence-corrected chi connectivity index (χ4v) is 9.66. The molecule has 178 valence electrons. The van der Waals surface area contributed by atoms with Crippen molar-refractivity contribution in [3.05, 3.63) is 0 Å². The lowest BCUT2D eigenvalue weighted by atomic mass is 9.41. The molecule has 0 spiro atoms. The van der Waals surface area contributed by atoms with Gasteiger partial charge in [-0.25, -0.2) is 0 Å². The minimum Gasteiger partial charge on any atom is -0.463 e. The first-order chi connectivity index (χ1) is 14.7. The molecule has 4 heteroatoms. The van der Waals surface area contributed by atoms with Crippen LogP contribution in [0.5, 0.6) is 0 Å². The van der Waals surface area contributed by atoms with Gasteiger partial charge in [-0.05, 0) is 104 Å². The first kappa shape index (κ1) is 23.5. The summed E-state index contributed by atoms with van der Waals surface area (Å²) in [5.41, 5.74) is 0.546. The Morgan fingerprint density at radius 2 is 1.74 bits per heavy atom. The second-order valence-electron chi connectivity index (χ2n) is 12.2. The van der Waals surface area contributed by atoms with E-state index in [1.165, 1.54) is 32.6 Å². The first-order valence-electron chi connectivity index (χ1n) is 13.1. The number of carbonyl (C=O) groups excluding carboxylic acids is 1. The van der Waals surface area contributed by atoms with Crippen molar-refractivity contribution >= 4 is 5.97 Å². The molecule has 4 rings (SSSR count). The van der Waals surface area contributed by atoms with Gasteiger partial charge in [-0.1, -0.05) is 34.1 Å². The summed E-state index contributed by atoms with van der Waals surface area (Å²) < 4.78 is 5.66. The molecule has 0 aromatic heterocycles. The number of aliphatic hydroxyl groups excluding tert-OH is 2. The van der Waals surface area contributed by atoms with Crippen LogP contribution in [0.25, 0.3) is 0 Å². The maximum Gasteiger partial charge on any atom is 0.302 e. The van der Waals surface area contributed by atoms with Crippen molar-refractivity contribution in [2.75, 3.05) is 6.61 Å². The van der Waals surface area contributed by atoms with E-state index in [0.717, 1.165) is 32.1 Å². The van der Waals surface area contributed by atoms with Crippen LogP contribution in [0.4, 0.5) is 0 Å². The van der Waals surface area contributed by atoms with Gasteiger partial charge in [0.1, 0.15) is 6.10 Å². The molecule has 4 saturated carbocycles. The van der Waals surface area contributed by atoms with Crippen LogP contribution >= 0.6 is 0 Å². The van der Waals surface area contributed by atoms with Gasteiger partial charge < -0.3 is 14.9 Å². The third kappa shape index (κ3) is 3.68. The van der Waals surface area contributed by atoms with Crippen LogP contribution in [0, 0.1) is 52.3 Å². The molecule has 4 aliphatic carbocycles. The van der Waals surface area contributed by atoms with Gasteiger partial charge in [-0.3, -0.25) is 4.79 Å². The number of carbonyl (C=O) groups is 1. The number of hydrogen-bond acceptors (Lipinski definition) is 4. The third-order valence-electron chi connectivity index (χ3n) is 11.0. The highest BCUT2D eigenvalue weighted by molar-refractivity contribution is 5.66. The lowest BCUT2D eigenvalue weighted by Crippen LogP contribution is -2.62. The molecule has 31 heavy (non-hydrogen) atoms. The minimum atomic E-state index is -0.235. The summed E-state index contributed by atoms with van der Waals surface area (Å²) in [5, 5.41) is 21.4. The summed E-state index contributed by atoms with van der Waals surface area (Å²) in [7, 11) is 0. The van der Waals surface area contributed by atoms with Crippen LogP contribution in [0.15, 0.2) is 0 Å². The number of aliphatic hydroxyl groups is 2. The summed E-state index contributed by atoms with van der Waals surface area (Å²) in [4.78, 5) is 11.6. The number of rotatable bonds is 5. The Balaban J connectivity index is 1.62. The largest absolute Gasteiger partial charge is 0.463 e. The SMILES string of the molecule is CC[C@H]1[C@@H](O)[C@H]2C3CCC([C@H](C)CCO)[C@@]3(C)CCC2[C@@]2(C)CC[C@@H](OC(C)=O)C[C@@H]12. The van der Waals surface area contributed by atoms with Crippen molar-refractivity contribution in [2.24, 2.45) is 52.3 Å². The Bertz CT molecular complexity index is 664. The average Bonchev–Trinajstić information content (AvgIpc) is 3.06. The van der Waals surface area contributed by atoms with Crippen LogP contribution in [0.3, 0.4) is 0 Å². The zero-order valence-electron chi connectivity index (χ0n) is 20.5. The number of ether oxygens (including phenoxy) is 1. The molecule has 0 radical (unpaired) electrons. The quantitative estimate of drug-likeness (QED) is 0.584. The minimum absolute atomic E-state index is 0.0254. The van der Waals surface area contributed by atoms with Crippen molar-refractivity contribution in [3.8, 4) is 0 Å². The second kappa shape index (κ2) is 8.63. The zero-order valence-corrected chi connectivity index (χ0v) is 20.5. The van der Waals surface area contributed by atoms with E-state index in [9.17, 15) is 15.0 Å². The standard InChI is InChI=1S/C27H46O4/c1-6-19-23-15-18(31-17(3)29)9-12-27(23,5)22-10-13-26(4)20(16(2)11-14-28)7-8-21(26)24(22)25(19)30/h16,18-25,28,30H,6-15H2,1-5H3/t16-,18-,19-,20?,21?,22?,23+,24+,25-,26-,27-/m1/s1. The van der Waals surface area contributed by atoms with Gasteiger partial charge in [0.2, 0.25) is 0 Å². The Morgan fingerprint density at radius 1 is 1.06 bits per heavy atom. The smallest absolute Gasteiger partial charge is 0.302 e. The molecule has 2 N–H and O–H groups in total. The Kier molecular flexibility index (Phi) is 6.55. The van der Waals surface area contributed by atoms with Gasteiger partial charge >= 0.3 is 5.97 Å². The van der Waals surface area contributed by atoms with Gasteiger partial charge in [0.25, 0.3) is 0 Å². The van der Waals surface area contributed by atoms with E-state index in [1.807, 2.05) is 0 Å². The molecule has 0 amide bonds. The van der Waals surface area contributed by atoms with Crippen molar-refractivity contribution in [1.82, 2.24) is 0 Å². The fourth-order valence-electron chi connectivity index (χ4n) is 9.66. The van der Waals surface area contributed by atoms with Gasteiger partial charge in [-0.2, -0.15) is 0 Å². The zero-order chi connectivity index (χ0) is 22.6. The molecule has 11 atom stereocenters. The number of fused-ring (bicyclic) bond motifs is 5. The molecule has 0 aromatic carbocycles. The molecule has 0 aromatic rings. The molecule has 3 unspecified atom stereocenters. The van der Waals surface area contributed by atoms with E-state index in [-0.39, 0.29) is 30.2 Å². The predicted molar refractivity (Wildman–Crippen MR) is 122 cm³/mol. The fraction of sp³-hybridized carbons (Fsp3) is 0.963. The van der Waals surface area contributed by atoms with Gasteiger partial charge in [0, 0.05) is 13.5 Å². The molecule has 4 fully saturated rings. The van der Waals surface area contributed by atoms with Crippen LogP contribution in [0.1, 0.15) is 92.4 Å². The van der Waals surface area contributed by atoms with E-state index < -0.39 is 0 Å². The monoisotopic (exact) mass is 434 g/mol. The van der Waals surface area contributed by atoms with Gasteiger partial charge in [-0.15, -0.1) is 0 Å². The maximum atomic E-state index is 11.8. The van der Waals surface area contributed by atoms with Crippen LogP contribution in [0.2, 0.25) is 0 Å². The van der Waals surface area contributed by atoms with E-state index in [2.05, 4.69) is 27.7 Å². The lowest BCUT2D eigenvalue weighted by Gasteiger charge is -2.64. The van der Waals surface area contributed by atoms with Gasteiger partial charge in [0.05, 0.1) is 6.10 Å². The second-order valence-corrected chi connectivity index (χ2v) is 12.2. The summed E-state index contributed by atoms with van der Waals surface area (Å²) in [6, 6.07) is 0. The third-order valence-corrected chi connectivity index (χ3v) is 11.0. The molecular weight excluding hydrogens is 388 g/mol. The van der Waals surface area contributed by atoms with E-state index in [0.29, 0.717) is 46.8 Å². The van der Waals surface area contributed by atoms with Gasteiger partial charge in [0.15, 0.2) is 0 Å². The highest BCUT2D eigenvalue weighted by Crippen LogP contribution is 2.69. The highest BCUT2D eigenvalue weighted by atomic mass is 16.5. The van der Waals surface area contributed by atoms with E-state index >= 15 is 0 Å². The molecule has 0 bridgehead atoms.